The second-order valence-electron chi connectivity index (χ2n) is 15.5. The Kier molecular flexibility index (Phi) is 10.1. The average Bonchev–Trinajstić information content (AvgIpc) is 4.06. The minimum absolute atomic E-state index is 0.888. The summed E-state index contributed by atoms with van der Waals surface area (Å²) in [5.74, 6) is 0. The molecule has 0 unspecified atom stereocenters. The third kappa shape index (κ3) is 7.14. The molecule has 10 bridgehead atoms. The van der Waals surface area contributed by atoms with E-state index in [9.17, 15) is 0 Å². The predicted octanol–water partition coefficient (Wildman–Crippen LogP) is 15.0. The van der Waals surface area contributed by atoms with Crippen molar-refractivity contribution in [2.24, 2.45) is 0 Å². The van der Waals surface area contributed by atoms with Gasteiger partial charge in [0.15, 0.2) is 0 Å². The van der Waals surface area contributed by atoms with Crippen LogP contribution in [0.1, 0.15) is 78.0 Å². The largest absolute Gasteiger partial charge is 0.355 e. The second kappa shape index (κ2) is 16.0. The lowest BCUT2D eigenvalue weighted by atomic mass is 9.89. The molecule has 7 aromatic rings. The SMILES string of the molecule is Brc1c2cc(-c3c(-c4ccccc4)c4[nH]c3cc3nc(cc5ccc(cc6nc(c4-c4ccccc4)C(c4ccccc4)=C6)[nH]5)C=C3)c(Br)c1CCCCCCCC2. The molecule has 6 heteroatoms. The Morgan fingerprint density at radius 1 is 0.483 bits per heavy atom. The first-order valence-electron chi connectivity index (χ1n) is 20.4. The van der Waals surface area contributed by atoms with Crippen LogP contribution in [0.4, 0.5) is 0 Å². The van der Waals surface area contributed by atoms with Crippen molar-refractivity contribution in [1.29, 1.82) is 0 Å². The van der Waals surface area contributed by atoms with E-state index < -0.39 is 0 Å². The summed E-state index contributed by atoms with van der Waals surface area (Å²) in [5, 5.41) is 0. The van der Waals surface area contributed by atoms with Crippen molar-refractivity contribution in [3.63, 3.8) is 0 Å². The number of rotatable bonds is 4. The lowest BCUT2D eigenvalue weighted by Crippen LogP contribution is -1.98. The van der Waals surface area contributed by atoms with Gasteiger partial charge in [-0.3, -0.25) is 0 Å². The van der Waals surface area contributed by atoms with Crippen molar-refractivity contribution >= 4 is 77.7 Å². The zero-order valence-corrected chi connectivity index (χ0v) is 35.3. The van der Waals surface area contributed by atoms with Gasteiger partial charge >= 0.3 is 0 Å². The molecule has 4 aromatic carbocycles. The van der Waals surface area contributed by atoms with Crippen LogP contribution >= 0.6 is 31.9 Å². The van der Waals surface area contributed by atoms with Gasteiger partial charge in [-0.25, -0.2) is 9.97 Å². The van der Waals surface area contributed by atoms with Crippen molar-refractivity contribution < 1.29 is 0 Å². The zero-order chi connectivity index (χ0) is 39.0. The molecular formula is C52H42Br2N4. The van der Waals surface area contributed by atoms with Crippen LogP contribution in [0.2, 0.25) is 0 Å². The molecule has 284 valence electrons. The van der Waals surface area contributed by atoms with Crippen LogP contribution in [0.5, 0.6) is 0 Å². The number of aromatic amines is 2. The molecule has 2 aliphatic heterocycles. The van der Waals surface area contributed by atoms with Gasteiger partial charge in [-0.1, -0.05) is 133 Å². The predicted molar refractivity (Wildman–Crippen MR) is 250 cm³/mol. The number of nitrogens with one attached hydrogen (secondary N) is 2. The monoisotopic (exact) mass is 880 g/mol. The van der Waals surface area contributed by atoms with Gasteiger partial charge < -0.3 is 9.97 Å². The van der Waals surface area contributed by atoms with Gasteiger partial charge in [0.1, 0.15) is 0 Å². The van der Waals surface area contributed by atoms with Crippen molar-refractivity contribution in [2.45, 2.75) is 51.4 Å². The van der Waals surface area contributed by atoms with Crippen molar-refractivity contribution in [3.05, 3.63) is 176 Å². The van der Waals surface area contributed by atoms with E-state index in [0.717, 1.165) is 108 Å². The van der Waals surface area contributed by atoms with Crippen LogP contribution in [-0.4, -0.2) is 19.9 Å². The molecule has 2 N–H and O–H groups in total. The molecule has 3 aliphatic rings. The maximum Gasteiger partial charge on any atom is 0.0815 e. The molecule has 0 atom stereocenters. The molecule has 0 saturated carbocycles. The minimum Gasteiger partial charge on any atom is -0.355 e. The molecule has 0 saturated heterocycles. The van der Waals surface area contributed by atoms with Crippen LogP contribution in [0.15, 0.2) is 136 Å². The molecular weight excluding hydrogens is 840 g/mol. The lowest BCUT2D eigenvalue weighted by molar-refractivity contribution is 0.598. The fourth-order valence-corrected chi connectivity index (χ4v) is 10.5. The number of benzene rings is 4. The third-order valence-electron chi connectivity index (χ3n) is 11.6. The first kappa shape index (κ1) is 36.8. The first-order chi connectivity index (χ1) is 28.6. The molecule has 58 heavy (non-hydrogen) atoms. The summed E-state index contributed by atoms with van der Waals surface area (Å²) < 4.78 is 2.39. The molecule has 0 spiro atoms. The highest BCUT2D eigenvalue weighted by atomic mass is 79.9. The standard InChI is InChI=1S/C52H42Br2N4/c53-49-36-22-8-3-1-2-4-15-23-42(49)50(54)44(28-36)48-45-32-40-27-26-38(56-40)29-37-24-25-39(55-37)30-41-31-43(33-16-9-5-10-17-33)51(57-41)47(35-20-13-7-14-21-35)52(58-45)46(48)34-18-11-6-12-19-34/h5-7,9-14,16-21,24-32,55,58H,1-4,8,15,22-23H2. The van der Waals surface area contributed by atoms with Crippen molar-refractivity contribution in [3.8, 4) is 33.4 Å². The van der Waals surface area contributed by atoms with E-state index in [1.54, 1.807) is 0 Å². The van der Waals surface area contributed by atoms with Gasteiger partial charge in [0, 0.05) is 47.8 Å². The summed E-state index contributed by atoms with van der Waals surface area (Å²) in [5.41, 5.74) is 19.3. The Morgan fingerprint density at radius 3 is 1.76 bits per heavy atom. The van der Waals surface area contributed by atoms with E-state index >= 15 is 0 Å². The topological polar surface area (TPSA) is 57.4 Å². The quantitative estimate of drug-likeness (QED) is 0.185. The van der Waals surface area contributed by atoms with Crippen molar-refractivity contribution in [1.82, 2.24) is 19.9 Å². The summed E-state index contributed by atoms with van der Waals surface area (Å²) in [6.07, 6.45) is 15.9. The van der Waals surface area contributed by atoms with E-state index in [2.05, 4.69) is 187 Å². The van der Waals surface area contributed by atoms with Crippen LogP contribution in [0.25, 0.3) is 79.2 Å². The number of halogens is 2. The van der Waals surface area contributed by atoms with E-state index in [1.165, 1.54) is 53.3 Å². The first-order valence-corrected chi connectivity index (χ1v) is 22.0. The van der Waals surface area contributed by atoms with Gasteiger partial charge in [-0.05, 0) is 130 Å². The number of aryl methyl sites for hydroxylation is 1. The molecule has 3 aromatic heterocycles. The van der Waals surface area contributed by atoms with Gasteiger partial charge in [0.25, 0.3) is 0 Å². The third-order valence-corrected chi connectivity index (χ3v) is 13.5. The summed E-state index contributed by atoms with van der Waals surface area (Å²) >= 11 is 8.40. The van der Waals surface area contributed by atoms with Crippen LogP contribution in [-0.2, 0) is 12.8 Å². The van der Waals surface area contributed by atoms with E-state index in [-0.39, 0.29) is 0 Å². The molecule has 1 aliphatic carbocycles. The Bertz CT molecular complexity index is 2900. The number of hydrogen-bond donors (Lipinski definition) is 2. The Labute approximate surface area is 356 Å². The zero-order valence-electron chi connectivity index (χ0n) is 32.2. The maximum atomic E-state index is 5.54. The Morgan fingerprint density at radius 2 is 1.07 bits per heavy atom. The second-order valence-corrected chi connectivity index (χ2v) is 17.1. The van der Waals surface area contributed by atoms with Crippen LogP contribution < -0.4 is 0 Å². The van der Waals surface area contributed by atoms with Crippen LogP contribution in [0, 0.1) is 0 Å². The Balaban J connectivity index is 1.42. The van der Waals surface area contributed by atoms with Crippen LogP contribution in [0.3, 0.4) is 0 Å². The van der Waals surface area contributed by atoms with Gasteiger partial charge in [-0.2, -0.15) is 0 Å². The van der Waals surface area contributed by atoms with E-state index in [1.807, 2.05) is 0 Å². The number of H-pyrrole nitrogens is 2. The number of aromatic nitrogens is 4. The molecule has 0 fully saturated rings. The van der Waals surface area contributed by atoms with Gasteiger partial charge in [0.05, 0.1) is 28.3 Å². The Hall–Kier alpha value is -5.56. The molecule has 0 radical (unpaired) electrons. The van der Waals surface area contributed by atoms with Crippen molar-refractivity contribution in [2.75, 3.05) is 0 Å². The number of nitrogens with zero attached hydrogens (tertiary/aromatic N) is 2. The summed E-state index contributed by atoms with van der Waals surface area (Å²) in [6, 6.07) is 45.5. The van der Waals surface area contributed by atoms with E-state index in [0.29, 0.717) is 0 Å². The molecule has 5 heterocycles. The summed E-state index contributed by atoms with van der Waals surface area (Å²) in [4.78, 5) is 18.4. The maximum absolute atomic E-state index is 5.54. The molecule has 10 rings (SSSR count). The minimum atomic E-state index is 0.888. The highest BCUT2D eigenvalue weighted by molar-refractivity contribution is 9.11. The van der Waals surface area contributed by atoms with E-state index in [4.69, 9.17) is 9.97 Å². The lowest BCUT2D eigenvalue weighted by Gasteiger charge is -2.18. The normalized spacial score (nSPS) is 14.2. The fraction of sp³-hybridized carbons (Fsp3) is 0.154. The fourth-order valence-electron chi connectivity index (χ4n) is 8.81. The summed E-state index contributed by atoms with van der Waals surface area (Å²) in [7, 11) is 0. The average molecular weight is 883 g/mol. The molecule has 4 nitrogen and oxygen atoms in total. The molecule has 0 amide bonds. The number of hydrogen-bond acceptors (Lipinski definition) is 2. The smallest absolute Gasteiger partial charge is 0.0815 e. The van der Waals surface area contributed by atoms with Gasteiger partial charge in [-0.15, -0.1) is 0 Å². The summed E-state index contributed by atoms with van der Waals surface area (Å²) in [6.45, 7) is 0. The van der Waals surface area contributed by atoms with Gasteiger partial charge in [0.2, 0.25) is 0 Å². The highest BCUT2D eigenvalue weighted by Crippen LogP contribution is 2.49. The number of fused-ring (bicyclic) bond motifs is 10. The highest BCUT2D eigenvalue weighted by Gasteiger charge is 2.27.